The number of hydrogen-bond donors (Lipinski definition) is 0. The van der Waals surface area contributed by atoms with Gasteiger partial charge in [0, 0.05) is 83.9 Å². The van der Waals surface area contributed by atoms with Gasteiger partial charge in [0.2, 0.25) is 0 Å². The maximum Gasteiger partial charge on any atom is 0.252 e. The van der Waals surface area contributed by atoms with Crippen LogP contribution in [-0.4, -0.2) is 15.8 Å². The molecule has 19 aromatic rings. The van der Waals surface area contributed by atoms with Crippen molar-refractivity contribution in [1.29, 1.82) is 0 Å². The van der Waals surface area contributed by atoms with Crippen LogP contribution in [0.1, 0.15) is 78.0 Å². The molecule has 0 saturated heterocycles. The largest absolute Gasteiger partial charge is 0.456 e. The zero-order chi connectivity index (χ0) is 76.5. The fourth-order valence-electron chi connectivity index (χ4n) is 19.4. The lowest BCUT2D eigenvalue weighted by atomic mass is 9.33. The summed E-state index contributed by atoms with van der Waals surface area (Å²) in [5.74, 6) is 0. The minimum Gasteiger partial charge on any atom is -0.456 e. The number of nitrogens with zero attached hydrogens (tertiary/aromatic N) is 4. The molecule has 0 fully saturated rings. The van der Waals surface area contributed by atoms with Gasteiger partial charge >= 0.3 is 0 Å². The molecule has 6 heteroatoms. The predicted octanol–water partition coefficient (Wildman–Crippen LogP) is 27.5. The maximum atomic E-state index is 6.95. The zero-order valence-corrected chi connectivity index (χ0v) is 65.2. The fourth-order valence-corrected chi connectivity index (χ4v) is 19.4. The monoisotopic (exact) mass is 1460 g/mol. The van der Waals surface area contributed by atoms with Crippen LogP contribution < -0.4 is 26.2 Å². The van der Waals surface area contributed by atoms with Crippen molar-refractivity contribution < 1.29 is 4.42 Å². The number of furan rings is 1. The van der Waals surface area contributed by atoms with Crippen LogP contribution in [0, 0.1) is 0 Å². The van der Waals surface area contributed by atoms with Crippen molar-refractivity contribution in [2.75, 3.05) is 9.80 Å². The number of benzene rings is 16. The Kier molecular flexibility index (Phi) is 15.1. The summed E-state index contributed by atoms with van der Waals surface area (Å²) in [5, 5.41) is 6.99. The van der Waals surface area contributed by atoms with Crippen molar-refractivity contribution in [2.24, 2.45) is 0 Å². The Morgan fingerprint density at radius 3 is 1.11 bits per heavy atom. The Morgan fingerprint density at radius 1 is 0.272 bits per heavy atom. The lowest BCUT2D eigenvalue weighted by Gasteiger charge is -2.44. The number of fused-ring (bicyclic) bond motifs is 14. The molecule has 0 unspecified atom stereocenters. The lowest BCUT2D eigenvalue weighted by molar-refractivity contribution is 0.332. The van der Waals surface area contributed by atoms with Crippen LogP contribution in [0.15, 0.2) is 356 Å². The molecule has 0 N–H and O–H groups in total. The van der Waals surface area contributed by atoms with Crippen molar-refractivity contribution in [1.82, 2.24) is 9.13 Å². The summed E-state index contributed by atoms with van der Waals surface area (Å²) in [5.41, 5.74) is 37.1. The fraction of sp³-hybridized carbons (Fsp3) is 0.111. The molecule has 22 rings (SSSR count). The summed E-state index contributed by atoms with van der Waals surface area (Å²) in [6, 6.07) is 133. The van der Waals surface area contributed by atoms with Crippen LogP contribution in [0.25, 0.3) is 144 Å². The zero-order valence-electron chi connectivity index (χ0n) is 65.2. The smallest absolute Gasteiger partial charge is 0.252 e. The van der Waals surface area contributed by atoms with Crippen LogP contribution in [0.5, 0.6) is 0 Å². The number of anilines is 6. The minimum absolute atomic E-state index is 0.0487. The SMILES string of the molecule is CC(C)(C)c1ccc(-c2cc3c4c(c2)N(c2ccc5c(c2)oc2ccccc25)c2cc(-n5c6ccc(-c7ccccc7)cc6c6cc(-c7ccccc7)ccc65)ccc2B4c2ccc(-n4c5ccc(-c6ccccc6)cc5c5cc(-c6ccccc6)ccc54)cc2N3c2ccc(-c3ccc4c(c3)C(C)(C)CCC4(C)C)cc2)cc1. The van der Waals surface area contributed by atoms with Crippen molar-refractivity contribution in [3.05, 3.63) is 369 Å². The number of rotatable bonds is 10. The van der Waals surface area contributed by atoms with Crippen LogP contribution in [-0.2, 0) is 16.2 Å². The first-order valence-electron chi connectivity index (χ1n) is 40.3. The van der Waals surface area contributed by atoms with Gasteiger partial charge in [0.1, 0.15) is 11.2 Å². The van der Waals surface area contributed by atoms with E-state index in [0.29, 0.717) is 0 Å². The summed E-state index contributed by atoms with van der Waals surface area (Å²) < 4.78 is 12.0. The standard InChI is InChI=1S/C108H83BN4O/c1-106(2,3)80-41-32-73(33-42-80)79-63-101-105-102(64-79)113(84-45-48-86-85-30-20-21-31-103(85)114-104(86)67-84)100-66-83(112-97-54-39-76(70-26-16-10-17-27-70)60-89(97)90-61-77(40-55-98(90)112)71-28-18-11-19-29-71)47-51-94(100)109(105)93-50-46-82(65-99(93)110(101)81-43-34-72(35-44-81)78-36-49-91-92(62-78)108(6,7)57-56-107(91,4)5)111-95-52-37-74(68-22-12-8-13-23-68)58-87(95)88-59-75(38-53-96(88)111)69-24-14-9-15-25-69/h8-55,58-67H,56-57H2,1-7H3. The van der Waals surface area contributed by atoms with Gasteiger partial charge in [-0.2, -0.15) is 0 Å². The molecule has 0 atom stereocenters. The highest BCUT2D eigenvalue weighted by molar-refractivity contribution is 7.00. The van der Waals surface area contributed by atoms with Crippen LogP contribution in [0.3, 0.4) is 0 Å². The van der Waals surface area contributed by atoms with E-state index in [1.807, 2.05) is 0 Å². The van der Waals surface area contributed by atoms with Crippen molar-refractivity contribution in [2.45, 2.75) is 77.6 Å². The van der Waals surface area contributed by atoms with Gasteiger partial charge in [-0.05, 0) is 244 Å². The maximum absolute atomic E-state index is 6.95. The van der Waals surface area contributed by atoms with Gasteiger partial charge in [-0.1, -0.05) is 279 Å². The van der Waals surface area contributed by atoms with E-state index < -0.39 is 0 Å². The Hall–Kier alpha value is -13.4. The highest BCUT2D eigenvalue weighted by Crippen LogP contribution is 2.52. The van der Waals surface area contributed by atoms with Gasteiger partial charge in [-0.3, -0.25) is 0 Å². The molecule has 0 radical (unpaired) electrons. The first-order chi connectivity index (χ1) is 55.6. The Morgan fingerprint density at radius 2 is 0.640 bits per heavy atom. The minimum atomic E-state index is -0.231. The van der Waals surface area contributed by atoms with Crippen molar-refractivity contribution in [3.63, 3.8) is 0 Å². The molecular formula is C108H83BN4O. The molecule has 0 amide bonds. The molecule has 5 nitrogen and oxygen atoms in total. The van der Waals surface area contributed by atoms with E-state index in [0.717, 1.165) is 107 Å². The molecule has 0 saturated carbocycles. The first kappa shape index (κ1) is 67.5. The molecule has 0 bridgehead atoms. The van der Waals surface area contributed by atoms with Crippen molar-refractivity contribution in [3.8, 4) is 78.1 Å². The van der Waals surface area contributed by atoms with E-state index in [-0.39, 0.29) is 23.0 Å². The summed E-state index contributed by atoms with van der Waals surface area (Å²) >= 11 is 0. The molecule has 3 aromatic heterocycles. The van der Waals surface area contributed by atoms with E-state index in [2.05, 4.69) is 419 Å². The third kappa shape index (κ3) is 10.8. The Balaban J connectivity index is 0.818. The molecular weight excluding hydrogens is 1380 g/mol. The second-order valence-electron chi connectivity index (χ2n) is 34.3. The molecule has 3 aliphatic rings. The van der Waals surface area contributed by atoms with Gasteiger partial charge in [-0.15, -0.1) is 0 Å². The van der Waals surface area contributed by atoms with Gasteiger partial charge in [0.25, 0.3) is 6.71 Å². The summed E-state index contributed by atoms with van der Waals surface area (Å²) in [6.07, 6.45) is 2.33. The number of hydrogen-bond acceptors (Lipinski definition) is 3. The molecule has 114 heavy (non-hydrogen) atoms. The molecule has 0 spiro atoms. The normalized spacial score (nSPS) is 14.1. The lowest BCUT2D eigenvalue weighted by Crippen LogP contribution is -2.61. The first-order valence-corrected chi connectivity index (χ1v) is 40.3. The molecule has 16 aromatic carbocycles. The van der Waals surface area contributed by atoms with Gasteiger partial charge in [-0.25, -0.2) is 0 Å². The van der Waals surface area contributed by atoms with Gasteiger partial charge in [0.05, 0.1) is 22.1 Å². The Labute approximate surface area is 666 Å². The number of aromatic nitrogens is 2. The second-order valence-corrected chi connectivity index (χ2v) is 34.3. The Bertz CT molecular complexity index is 6930. The quantitative estimate of drug-likeness (QED) is 0.128. The topological polar surface area (TPSA) is 29.5 Å². The van der Waals surface area contributed by atoms with Crippen LogP contribution in [0.4, 0.5) is 34.1 Å². The second kappa shape index (κ2) is 25.6. The predicted molar refractivity (Wildman–Crippen MR) is 483 cm³/mol. The average Bonchev–Trinajstić information content (AvgIpc) is 0.804. The summed E-state index contributed by atoms with van der Waals surface area (Å²) in [7, 11) is 0. The third-order valence-corrected chi connectivity index (χ3v) is 25.5. The van der Waals surface area contributed by atoms with E-state index in [1.54, 1.807) is 0 Å². The van der Waals surface area contributed by atoms with Gasteiger partial charge < -0.3 is 23.4 Å². The van der Waals surface area contributed by atoms with E-state index in [4.69, 9.17) is 4.42 Å². The van der Waals surface area contributed by atoms with Crippen molar-refractivity contribution >= 4 is 123 Å². The summed E-state index contributed by atoms with van der Waals surface area (Å²) in [6.45, 7) is 16.4. The highest BCUT2D eigenvalue weighted by atomic mass is 16.3. The third-order valence-electron chi connectivity index (χ3n) is 25.5. The number of para-hydroxylation sites is 1. The van der Waals surface area contributed by atoms with Crippen LogP contribution >= 0.6 is 0 Å². The molecule has 544 valence electrons. The van der Waals surface area contributed by atoms with Crippen LogP contribution in [0.2, 0.25) is 0 Å². The summed E-state index contributed by atoms with van der Waals surface area (Å²) in [4.78, 5) is 5.19. The molecule has 5 heterocycles. The van der Waals surface area contributed by atoms with E-state index >= 15 is 0 Å². The highest BCUT2D eigenvalue weighted by Gasteiger charge is 2.45. The van der Waals surface area contributed by atoms with Gasteiger partial charge in [0.15, 0.2) is 0 Å². The average molecular weight is 1460 g/mol. The molecule has 2 aliphatic heterocycles. The van der Waals surface area contributed by atoms with E-state index in [9.17, 15) is 0 Å². The van der Waals surface area contributed by atoms with E-state index in [1.165, 1.54) is 117 Å². The molecule has 1 aliphatic carbocycles.